The van der Waals surface area contributed by atoms with Crippen LogP contribution in [0.3, 0.4) is 0 Å². The lowest BCUT2D eigenvalue weighted by Crippen LogP contribution is -2.45. The highest BCUT2D eigenvalue weighted by atomic mass is 16.5. The molecule has 64 heavy (non-hydrogen) atoms. The van der Waals surface area contributed by atoms with Crippen molar-refractivity contribution in [3.8, 4) is 0 Å². The van der Waals surface area contributed by atoms with Crippen molar-refractivity contribution < 1.29 is 24.5 Å². The number of rotatable bonds is 52. The van der Waals surface area contributed by atoms with E-state index >= 15 is 0 Å². The van der Waals surface area contributed by atoms with E-state index in [-0.39, 0.29) is 18.5 Å². The van der Waals surface area contributed by atoms with E-state index in [0.29, 0.717) is 32.3 Å². The number of ether oxygens (including phenoxy) is 1. The van der Waals surface area contributed by atoms with Crippen molar-refractivity contribution in [2.75, 3.05) is 13.2 Å². The van der Waals surface area contributed by atoms with Gasteiger partial charge in [0.05, 0.1) is 25.4 Å². The predicted octanol–water partition coefficient (Wildman–Crippen LogP) is 17.2. The number of nitrogens with one attached hydrogen (secondary N) is 1. The van der Waals surface area contributed by atoms with Gasteiger partial charge in [0.25, 0.3) is 0 Å². The van der Waals surface area contributed by atoms with Crippen LogP contribution >= 0.6 is 0 Å². The van der Waals surface area contributed by atoms with E-state index in [2.05, 4.69) is 49.5 Å². The topological polar surface area (TPSA) is 95.9 Å². The van der Waals surface area contributed by atoms with Crippen molar-refractivity contribution in [3.05, 3.63) is 36.5 Å². The van der Waals surface area contributed by atoms with E-state index < -0.39 is 12.1 Å². The minimum absolute atomic E-state index is 0.0269. The third-order valence-corrected chi connectivity index (χ3v) is 12.9. The van der Waals surface area contributed by atoms with E-state index in [9.17, 15) is 19.8 Å². The second-order valence-electron chi connectivity index (χ2n) is 19.3. The summed E-state index contributed by atoms with van der Waals surface area (Å²) in [5.41, 5.74) is 0. The van der Waals surface area contributed by atoms with Gasteiger partial charge in [0.2, 0.25) is 5.91 Å². The summed E-state index contributed by atoms with van der Waals surface area (Å²) in [6.07, 6.45) is 65.7. The summed E-state index contributed by atoms with van der Waals surface area (Å²) in [5.74, 6) is -0.141. The Morgan fingerprint density at radius 2 is 0.797 bits per heavy atom. The van der Waals surface area contributed by atoms with Crippen molar-refractivity contribution in [1.29, 1.82) is 0 Å². The number of esters is 1. The molecule has 0 aliphatic heterocycles. The summed E-state index contributed by atoms with van der Waals surface area (Å²) in [4.78, 5) is 24.4. The Hall–Kier alpha value is -1.92. The van der Waals surface area contributed by atoms with Crippen LogP contribution in [-0.4, -0.2) is 47.4 Å². The molecule has 0 bridgehead atoms. The fraction of sp³-hybridized carbons (Fsp3) is 0.862. The van der Waals surface area contributed by atoms with Gasteiger partial charge in [-0.2, -0.15) is 0 Å². The molecule has 0 aliphatic carbocycles. The third kappa shape index (κ3) is 49.5. The maximum Gasteiger partial charge on any atom is 0.305 e. The Morgan fingerprint density at radius 1 is 0.438 bits per heavy atom. The van der Waals surface area contributed by atoms with Gasteiger partial charge in [-0.3, -0.25) is 9.59 Å². The maximum atomic E-state index is 12.5. The number of allylic oxidation sites excluding steroid dienone is 6. The highest BCUT2D eigenvalue weighted by Gasteiger charge is 2.19. The van der Waals surface area contributed by atoms with Gasteiger partial charge in [-0.05, 0) is 70.6 Å². The smallest absolute Gasteiger partial charge is 0.305 e. The molecule has 3 N–H and O–H groups in total. The molecule has 0 aromatic heterocycles. The van der Waals surface area contributed by atoms with Gasteiger partial charge < -0.3 is 20.3 Å². The van der Waals surface area contributed by atoms with Gasteiger partial charge in [0.1, 0.15) is 0 Å². The maximum absolute atomic E-state index is 12.5. The van der Waals surface area contributed by atoms with E-state index in [1.165, 1.54) is 205 Å². The molecule has 376 valence electrons. The molecule has 0 saturated heterocycles. The molecule has 2 atom stereocenters. The Bertz CT molecular complexity index is 1040. The van der Waals surface area contributed by atoms with E-state index in [0.717, 1.165) is 51.4 Å². The number of aliphatic hydroxyl groups excluding tert-OH is 2. The Morgan fingerprint density at radius 3 is 1.27 bits per heavy atom. The zero-order valence-corrected chi connectivity index (χ0v) is 42.8. The highest BCUT2D eigenvalue weighted by molar-refractivity contribution is 5.76. The van der Waals surface area contributed by atoms with Gasteiger partial charge in [-0.25, -0.2) is 0 Å². The number of amides is 1. The lowest BCUT2D eigenvalue weighted by Gasteiger charge is -2.22. The number of carbonyl (C=O) groups is 2. The highest BCUT2D eigenvalue weighted by Crippen LogP contribution is 2.17. The van der Waals surface area contributed by atoms with Gasteiger partial charge >= 0.3 is 5.97 Å². The number of hydrogen-bond acceptors (Lipinski definition) is 5. The first-order chi connectivity index (χ1) is 31.5. The molecular formula is C58H109NO5. The second kappa shape index (κ2) is 53.7. The largest absolute Gasteiger partial charge is 0.466 e. The van der Waals surface area contributed by atoms with Crippen molar-refractivity contribution in [2.45, 2.75) is 309 Å². The van der Waals surface area contributed by atoms with Crippen LogP contribution in [0, 0.1) is 0 Å². The van der Waals surface area contributed by atoms with Gasteiger partial charge in [-0.15, -0.1) is 0 Å². The molecule has 0 rings (SSSR count). The summed E-state index contributed by atoms with van der Waals surface area (Å²) < 4.78 is 5.44. The first-order valence-electron chi connectivity index (χ1n) is 28.2. The fourth-order valence-corrected chi connectivity index (χ4v) is 8.57. The Kier molecular flexibility index (Phi) is 52.1. The fourth-order valence-electron chi connectivity index (χ4n) is 8.57. The summed E-state index contributed by atoms with van der Waals surface area (Å²) in [6, 6.07) is -0.587. The molecule has 1 amide bonds. The number of aliphatic hydroxyl groups is 2. The first kappa shape index (κ1) is 62.1. The molecule has 0 fully saturated rings. The molecular weight excluding hydrogens is 791 g/mol. The van der Waals surface area contributed by atoms with E-state index in [1.54, 1.807) is 0 Å². The van der Waals surface area contributed by atoms with Crippen molar-refractivity contribution in [3.63, 3.8) is 0 Å². The molecule has 2 unspecified atom stereocenters. The van der Waals surface area contributed by atoms with Gasteiger partial charge in [0.15, 0.2) is 0 Å². The zero-order chi connectivity index (χ0) is 46.5. The van der Waals surface area contributed by atoms with Gasteiger partial charge in [0, 0.05) is 12.8 Å². The van der Waals surface area contributed by atoms with E-state index in [4.69, 9.17) is 4.74 Å². The molecule has 0 radical (unpaired) electrons. The monoisotopic (exact) mass is 900 g/mol. The normalized spacial score (nSPS) is 12.9. The Labute approximate surface area is 398 Å². The molecule has 0 aliphatic rings. The average Bonchev–Trinajstić information content (AvgIpc) is 3.29. The molecule has 0 aromatic carbocycles. The number of hydrogen-bond donors (Lipinski definition) is 3. The molecule has 0 saturated carbocycles. The summed E-state index contributed by atoms with van der Waals surface area (Å²) in [7, 11) is 0. The van der Waals surface area contributed by atoms with Gasteiger partial charge in [-0.1, -0.05) is 249 Å². The SMILES string of the molecule is CCCCC/C=C\CCCCCCCC(=O)OCCCCCCCC/C=C\C/C=C\CCC(=O)NC(CO)C(O)CCCCCCCCCCCCCCCCCCCCCCCC. The van der Waals surface area contributed by atoms with Crippen LogP contribution in [-0.2, 0) is 14.3 Å². The number of unbranched alkanes of at least 4 members (excludes halogenated alkanes) is 35. The summed E-state index contributed by atoms with van der Waals surface area (Å²) >= 11 is 0. The lowest BCUT2D eigenvalue weighted by atomic mass is 10.0. The van der Waals surface area contributed by atoms with Crippen molar-refractivity contribution in [1.82, 2.24) is 5.32 Å². The molecule has 6 heteroatoms. The van der Waals surface area contributed by atoms with Crippen LogP contribution in [0.15, 0.2) is 36.5 Å². The van der Waals surface area contributed by atoms with Crippen LogP contribution in [0.4, 0.5) is 0 Å². The molecule has 0 spiro atoms. The predicted molar refractivity (Wildman–Crippen MR) is 278 cm³/mol. The summed E-state index contributed by atoms with van der Waals surface area (Å²) in [6.45, 7) is 4.87. The minimum atomic E-state index is -0.700. The van der Waals surface area contributed by atoms with Crippen LogP contribution in [0.1, 0.15) is 296 Å². The van der Waals surface area contributed by atoms with Crippen LogP contribution in [0.5, 0.6) is 0 Å². The van der Waals surface area contributed by atoms with Crippen molar-refractivity contribution in [2.24, 2.45) is 0 Å². The molecule has 0 heterocycles. The summed E-state index contributed by atoms with van der Waals surface area (Å²) in [5, 5.41) is 23.2. The minimum Gasteiger partial charge on any atom is -0.466 e. The zero-order valence-electron chi connectivity index (χ0n) is 42.8. The average molecular weight is 901 g/mol. The number of carbonyl (C=O) groups excluding carboxylic acids is 2. The quantitative estimate of drug-likeness (QED) is 0.0321. The standard InChI is InChI=1S/C58H109NO5/c1-3-5-7-9-11-13-15-17-18-19-20-21-22-23-24-25-27-30-34-38-42-46-50-56(61)55(54-60)59-57(62)51-47-43-39-35-31-28-26-29-33-37-41-45-49-53-64-58(63)52-48-44-40-36-32-16-14-12-10-8-6-4-2/h12,14,28,31,39,43,55-56,60-61H,3-11,13,15-27,29-30,32-38,40-42,44-54H2,1-2H3,(H,59,62)/b14-12-,31-28-,43-39-. The van der Waals surface area contributed by atoms with Crippen LogP contribution in [0.2, 0.25) is 0 Å². The molecule has 0 aromatic rings. The Balaban J connectivity index is 3.55. The second-order valence-corrected chi connectivity index (χ2v) is 19.3. The third-order valence-electron chi connectivity index (χ3n) is 12.9. The van der Waals surface area contributed by atoms with Crippen LogP contribution in [0.25, 0.3) is 0 Å². The van der Waals surface area contributed by atoms with E-state index in [1.807, 2.05) is 6.08 Å². The lowest BCUT2D eigenvalue weighted by molar-refractivity contribution is -0.143. The van der Waals surface area contributed by atoms with Crippen molar-refractivity contribution >= 4 is 11.9 Å². The first-order valence-corrected chi connectivity index (χ1v) is 28.2. The molecule has 6 nitrogen and oxygen atoms in total. The van der Waals surface area contributed by atoms with Crippen LogP contribution < -0.4 is 5.32 Å².